The van der Waals surface area contributed by atoms with E-state index in [1.807, 2.05) is 13.0 Å². The maximum Gasteiger partial charge on any atom is 0.258 e. The van der Waals surface area contributed by atoms with E-state index in [1.165, 1.54) is 24.3 Å². The van der Waals surface area contributed by atoms with Crippen molar-refractivity contribution in [1.29, 1.82) is 0 Å². The van der Waals surface area contributed by atoms with Crippen LogP contribution in [-0.4, -0.2) is 33.9 Å². The normalized spacial score (nSPS) is 12.1. The van der Waals surface area contributed by atoms with Crippen molar-refractivity contribution in [3.8, 4) is 0 Å². The van der Waals surface area contributed by atoms with Crippen LogP contribution in [0.15, 0.2) is 53.3 Å². The SMILES string of the molecule is CC(c1nc2ccccc2c(=O)[nH]1)N(CCCCCCN)C(=O)c1ccc(F)cc1. The second-order valence-corrected chi connectivity index (χ2v) is 7.35. The van der Waals surface area contributed by atoms with Crippen molar-refractivity contribution in [1.82, 2.24) is 14.9 Å². The predicted molar refractivity (Wildman–Crippen MR) is 116 cm³/mol. The monoisotopic (exact) mass is 410 g/mol. The van der Waals surface area contributed by atoms with Gasteiger partial charge in [0.15, 0.2) is 0 Å². The molecular formula is C23H27FN4O2. The molecule has 1 unspecified atom stereocenters. The van der Waals surface area contributed by atoms with E-state index in [0.29, 0.717) is 35.4 Å². The van der Waals surface area contributed by atoms with Gasteiger partial charge in [-0.3, -0.25) is 9.59 Å². The summed E-state index contributed by atoms with van der Waals surface area (Å²) in [7, 11) is 0. The Hall–Kier alpha value is -3.06. The number of H-pyrrole nitrogens is 1. The quantitative estimate of drug-likeness (QED) is 0.525. The second kappa shape index (κ2) is 10.1. The number of fused-ring (bicyclic) bond motifs is 1. The van der Waals surface area contributed by atoms with Gasteiger partial charge in [0.1, 0.15) is 11.6 Å². The van der Waals surface area contributed by atoms with Gasteiger partial charge in [-0.15, -0.1) is 0 Å². The molecule has 30 heavy (non-hydrogen) atoms. The Morgan fingerprint density at radius 1 is 1.10 bits per heavy atom. The lowest BCUT2D eigenvalue weighted by atomic mass is 10.1. The van der Waals surface area contributed by atoms with Crippen molar-refractivity contribution in [3.63, 3.8) is 0 Å². The molecular weight excluding hydrogens is 383 g/mol. The molecule has 0 spiro atoms. The molecule has 0 radical (unpaired) electrons. The molecule has 0 saturated carbocycles. The molecule has 0 aliphatic heterocycles. The van der Waals surface area contributed by atoms with Gasteiger partial charge in [0.2, 0.25) is 0 Å². The van der Waals surface area contributed by atoms with Crippen LogP contribution < -0.4 is 11.3 Å². The molecule has 0 bridgehead atoms. The molecule has 1 aromatic heterocycles. The molecule has 3 N–H and O–H groups in total. The van der Waals surface area contributed by atoms with E-state index in [9.17, 15) is 14.0 Å². The predicted octanol–water partition coefficient (Wildman–Crippen LogP) is 3.78. The lowest BCUT2D eigenvalue weighted by Gasteiger charge is -2.29. The van der Waals surface area contributed by atoms with Crippen LogP contribution in [0.2, 0.25) is 0 Å². The number of benzene rings is 2. The molecule has 1 amide bonds. The van der Waals surface area contributed by atoms with Crippen molar-refractivity contribution < 1.29 is 9.18 Å². The molecule has 3 aromatic rings. The van der Waals surface area contributed by atoms with E-state index < -0.39 is 11.9 Å². The lowest BCUT2D eigenvalue weighted by Crippen LogP contribution is -2.36. The van der Waals surface area contributed by atoms with E-state index in [4.69, 9.17) is 5.73 Å². The van der Waals surface area contributed by atoms with Gasteiger partial charge in [0.25, 0.3) is 11.5 Å². The minimum atomic E-state index is -0.450. The lowest BCUT2D eigenvalue weighted by molar-refractivity contribution is 0.0679. The first-order valence-corrected chi connectivity index (χ1v) is 10.3. The van der Waals surface area contributed by atoms with Gasteiger partial charge in [0.05, 0.1) is 16.9 Å². The number of halogens is 1. The Balaban J connectivity index is 1.88. The summed E-state index contributed by atoms with van der Waals surface area (Å²) >= 11 is 0. The van der Waals surface area contributed by atoms with Crippen molar-refractivity contribution in [3.05, 3.63) is 76.1 Å². The molecule has 1 heterocycles. The number of nitrogens with two attached hydrogens (primary N) is 1. The van der Waals surface area contributed by atoms with Gasteiger partial charge in [0, 0.05) is 12.1 Å². The summed E-state index contributed by atoms with van der Waals surface area (Å²) in [5.41, 5.74) is 6.30. The number of para-hydroxylation sites is 1. The number of hydrogen-bond acceptors (Lipinski definition) is 4. The first-order chi connectivity index (χ1) is 14.5. The Morgan fingerprint density at radius 2 is 1.80 bits per heavy atom. The van der Waals surface area contributed by atoms with Crippen LogP contribution >= 0.6 is 0 Å². The fraction of sp³-hybridized carbons (Fsp3) is 0.348. The number of rotatable bonds is 9. The Bertz CT molecular complexity index is 1050. The zero-order chi connectivity index (χ0) is 21.5. The van der Waals surface area contributed by atoms with Crippen LogP contribution in [0, 0.1) is 5.82 Å². The minimum absolute atomic E-state index is 0.225. The molecule has 158 valence electrons. The van der Waals surface area contributed by atoms with E-state index in [0.717, 1.165) is 25.7 Å². The number of amides is 1. The molecule has 0 fully saturated rings. The molecule has 0 saturated heterocycles. The smallest absolute Gasteiger partial charge is 0.258 e. The van der Waals surface area contributed by atoms with E-state index in [2.05, 4.69) is 9.97 Å². The number of aromatic amines is 1. The van der Waals surface area contributed by atoms with Gasteiger partial charge in [-0.1, -0.05) is 25.0 Å². The van der Waals surface area contributed by atoms with Crippen molar-refractivity contribution in [2.45, 2.75) is 38.6 Å². The van der Waals surface area contributed by atoms with Crippen LogP contribution in [-0.2, 0) is 0 Å². The van der Waals surface area contributed by atoms with Gasteiger partial charge in [-0.25, -0.2) is 9.37 Å². The zero-order valence-corrected chi connectivity index (χ0v) is 17.1. The van der Waals surface area contributed by atoms with Gasteiger partial charge < -0.3 is 15.6 Å². The highest BCUT2D eigenvalue weighted by Gasteiger charge is 2.24. The van der Waals surface area contributed by atoms with Crippen molar-refractivity contribution >= 4 is 16.8 Å². The summed E-state index contributed by atoms with van der Waals surface area (Å²) in [5, 5.41) is 0.506. The van der Waals surface area contributed by atoms with Crippen LogP contribution in [0.5, 0.6) is 0 Å². The number of carbonyl (C=O) groups is 1. The minimum Gasteiger partial charge on any atom is -0.330 e. The van der Waals surface area contributed by atoms with E-state index in [-0.39, 0.29) is 11.5 Å². The standard InChI is InChI=1S/C23H27FN4O2/c1-16(21-26-20-9-5-4-8-19(20)22(29)27-21)28(15-7-3-2-6-14-25)23(30)17-10-12-18(24)13-11-17/h4-5,8-13,16H,2-3,6-7,14-15,25H2,1H3,(H,26,27,29). The number of nitrogens with zero attached hydrogens (tertiary/aromatic N) is 2. The number of nitrogens with one attached hydrogen (secondary N) is 1. The third kappa shape index (κ3) is 5.10. The molecule has 0 aliphatic carbocycles. The Labute approximate surface area is 174 Å². The van der Waals surface area contributed by atoms with Gasteiger partial charge >= 0.3 is 0 Å². The van der Waals surface area contributed by atoms with Crippen LogP contribution in [0.25, 0.3) is 10.9 Å². The topological polar surface area (TPSA) is 92.1 Å². The third-order valence-corrected chi connectivity index (χ3v) is 5.20. The second-order valence-electron chi connectivity index (χ2n) is 7.35. The number of aromatic nitrogens is 2. The average Bonchev–Trinajstić information content (AvgIpc) is 2.76. The van der Waals surface area contributed by atoms with Gasteiger partial charge in [-0.2, -0.15) is 0 Å². The summed E-state index contributed by atoms with van der Waals surface area (Å²) < 4.78 is 13.3. The highest BCUT2D eigenvalue weighted by atomic mass is 19.1. The van der Waals surface area contributed by atoms with Crippen molar-refractivity contribution in [2.75, 3.05) is 13.1 Å². The summed E-state index contributed by atoms with van der Waals surface area (Å²) in [6.45, 7) is 2.99. The van der Waals surface area contributed by atoms with E-state index in [1.54, 1.807) is 23.1 Å². The van der Waals surface area contributed by atoms with Crippen LogP contribution in [0.3, 0.4) is 0 Å². The highest BCUT2D eigenvalue weighted by Crippen LogP contribution is 2.22. The third-order valence-electron chi connectivity index (χ3n) is 5.20. The van der Waals surface area contributed by atoms with Crippen molar-refractivity contribution in [2.24, 2.45) is 5.73 Å². The summed E-state index contributed by atoms with van der Waals surface area (Å²) in [6, 6.07) is 12.1. The summed E-state index contributed by atoms with van der Waals surface area (Å²) in [6.07, 6.45) is 3.68. The molecule has 0 aliphatic rings. The first-order valence-electron chi connectivity index (χ1n) is 10.3. The Morgan fingerprint density at radius 3 is 2.53 bits per heavy atom. The average molecular weight is 410 g/mol. The first kappa shape index (κ1) is 21.6. The fourth-order valence-corrected chi connectivity index (χ4v) is 3.46. The molecule has 3 rings (SSSR count). The highest BCUT2D eigenvalue weighted by molar-refractivity contribution is 5.94. The largest absolute Gasteiger partial charge is 0.330 e. The van der Waals surface area contributed by atoms with E-state index >= 15 is 0 Å². The van der Waals surface area contributed by atoms with Gasteiger partial charge in [-0.05, 0) is 62.7 Å². The van der Waals surface area contributed by atoms with Crippen LogP contribution in [0.1, 0.15) is 54.8 Å². The fourth-order valence-electron chi connectivity index (χ4n) is 3.46. The maximum absolute atomic E-state index is 13.3. The summed E-state index contributed by atoms with van der Waals surface area (Å²) in [4.78, 5) is 34.8. The molecule has 1 atom stereocenters. The maximum atomic E-state index is 13.3. The number of carbonyl (C=O) groups excluding carboxylic acids is 1. The van der Waals surface area contributed by atoms with Crippen LogP contribution in [0.4, 0.5) is 4.39 Å². The number of hydrogen-bond donors (Lipinski definition) is 2. The molecule has 7 heteroatoms. The molecule has 6 nitrogen and oxygen atoms in total. The Kier molecular flexibility index (Phi) is 7.30. The summed E-state index contributed by atoms with van der Waals surface area (Å²) in [5.74, 6) is -0.193. The molecule has 2 aromatic carbocycles. The zero-order valence-electron chi connectivity index (χ0n) is 17.1. The number of unbranched alkanes of at least 4 members (excludes halogenated alkanes) is 3.